The molecule has 1 aliphatic heterocycles. The fraction of sp³-hybridized carbons (Fsp3) is 0.750. The van der Waals surface area contributed by atoms with Gasteiger partial charge in [0.2, 0.25) is 23.6 Å². The molecule has 206 valence electrons. The van der Waals surface area contributed by atoms with Gasteiger partial charge in [-0.1, -0.05) is 0 Å². The Kier molecular flexibility index (Phi) is 12.1. The number of hydrogen-bond acceptors (Lipinski definition) is 11. The second kappa shape index (κ2) is 14.0. The van der Waals surface area contributed by atoms with Crippen molar-refractivity contribution in [3.05, 3.63) is 0 Å². The van der Waals surface area contributed by atoms with E-state index in [0.717, 1.165) is 6.92 Å². The molecule has 1 rings (SSSR count). The van der Waals surface area contributed by atoms with Gasteiger partial charge in [-0.15, -0.1) is 0 Å². The molecule has 0 bridgehead atoms. The Balaban J connectivity index is 2.96. The maximum Gasteiger partial charge on any atom is 0.303 e. The minimum atomic E-state index is -1.69. The molecule has 1 saturated heterocycles. The SMILES string of the molecule is CC(=O)N[C@H]1[C@@H](O[C@H](C)C(=O)N[C@H](C(=O)N[C@H](CCC(=O)O)C(N)=O)[C@H](C)O)[C@@H](O)[C@@H](CO)O[C@H]1O. The summed E-state index contributed by atoms with van der Waals surface area (Å²) in [5.41, 5.74) is 5.18. The summed E-state index contributed by atoms with van der Waals surface area (Å²) >= 11 is 0. The van der Waals surface area contributed by atoms with E-state index >= 15 is 0 Å². The van der Waals surface area contributed by atoms with Crippen molar-refractivity contribution in [3.63, 3.8) is 0 Å². The lowest BCUT2D eigenvalue weighted by Crippen LogP contribution is -2.66. The van der Waals surface area contributed by atoms with Crippen molar-refractivity contribution in [1.82, 2.24) is 16.0 Å². The minimum absolute atomic E-state index is 0.322. The number of nitrogens with one attached hydrogen (secondary N) is 3. The molecule has 10 N–H and O–H groups in total. The van der Waals surface area contributed by atoms with E-state index in [4.69, 9.17) is 20.3 Å². The van der Waals surface area contributed by atoms with E-state index in [1.807, 2.05) is 0 Å². The number of carbonyl (C=O) groups excluding carboxylic acids is 4. The molecule has 4 amide bonds. The molecule has 0 radical (unpaired) electrons. The van der Waals surface area contributed by atoms with Crippen LogP contribution >= 0.6 is 0 Å². The highest BCUT2D eigenvalue weighted by molar-refractivity contribution is 5.93. The molecular formula is C20H34N4O12. The highest BCUT2D eigenvalue weighted by Crippen LogP contribution is 2.23. The number of hydrogen-bond donors (Lipinski definition) is 9. The van der Waals surface area contributed by atoms with E-state index in [0.29, 0.717) is 0 Å². The van der Waals surface area contributed by atoms with Crippen LogP contribution in [0.2, 0.25) is 0 Å². The van der Waals surface area contributed by atoms with Crippen molar-refractivity contribution in [3.8, 4) is 0 Å². The third kappa shape index (κ3) is 8.96. The molecule has 36 heavy (non-hydrogen) atoms. The number of amides is 4. The molecule has 0 aromatic carbocycles. The summed E-state index contributed by atoms with van der Waals surface area (Å²) < 4.78 is 10.6. The van der Waals surface area contributed by atoms with Gasteiger partial charge >= 0.3 is 5.97 Å². The summed E-state index contributed by atoms with van der Waals surface area (Å²) in [4.78, 5) is 59.1. The number of carboxylic acid groups (broad SMARTS) is 1. The summed E-state index contributed by atoms with van der Waals surface area (Å²) in [5.74, 6) is -4.86. The van der Waals surface area contributed by atoms with Gasteiger partial charge < -0.3 is 56.7 Å². The normalized spacial score (nSPS) is 27.1. The third-order valence-electron chi connectivity index (χ3n) is 5.34. The molecule has 16 nitrogen and oxygen atoms in total. The van der Waals surface area contributed by atoms with Gasteiger partial charge in [-0.05, 0) is 20.3 Å². The fourth-order valence-electron chi connectivity index (χ4n) is 3.42. The van der Waals surface area contributed by atoms with Crippen LogP contribution in [0.15, 0.2) is 0 Å². The zero-order valence-corrected chi connectivity index (χ0v) is 20.0. The first-order valence-corrected chi connectivity index (χ1v) is 11.0. The van der Waals surface area contributed by atoms with Crippen LogP contribution in [0.4, 0.5) is 0 Å². The van der Waals surface area contributed by atoms with Crippen LogP contribution in [0.3, 0.4) is 0 Å². The van der Waals surface area contributed by atoms with Crippen LogP contribution < -0.4 is 21.7 Å². The van der Waals surface area contributed by atoms with Gasteiger partial charge in [0.05, 0.1) is 12.7 Å². The molecule has 16 heteroatoms. The van der Waals surface area contributed by atoms with Gasteiger partial charge in [0.25, 0.3) is 0 Å². The molecule has 1 heterocycles. The van der Waals surface area contributed by atoms with Crippen molar-refractivity contribution in [1.29, 1.82) is 0 Å². The molecular weight excluding hydrogens is 488 g/mol. The van der Waals surface area contributed by atoms with Gasteiger partial charge in [0.1, 0.15) is 42.5 Å². The molecule has 1 fully saturated rings. The van der Waals surface area contributed by atoms with Gasteiger partial charge in [-0.2, -0.15) is 0 Å². The number of nitrogens with two attached hydrogens (primary N) is 1. The standard InChI is InChI=1S/C20H34N4O12/c1-7(26)13(19(33)23-10(17(21)31)4-5-12(28)29)24-18(32)8(2)35-16-14(22-9(3)27)20(34)36-11(6-25)15(16)30/h7-8,10-11,13-16,20,25-26,30,34H,4-6H2,1-3H3,(H2,21,31)(H,22,27)(H,23,33)(H,24,32)(H,28,29)/t7-,8+,10+,11+,13-,14-,15-,16+,20+/m0/s1. The molecule has 0 saturated carbocycles. The van der Waals surface area contributed by atoms with Crippen molar-refractivity contribution in [2.45, 2.75) is 88.5 Å². The van der Waals surface area contributed by atoms with Crippen LogP contribution in [0, 0.1) is 0 Å². The lowest BCUT2D eigenvalue weighted by molar-refractivity contribution is -0.266. The number of aliphatic carboxylic acids is 1. The first kappa shape index (κ1) is 31.1. The molecule has 0 aromatic rings. The Bertz CT molecular complexity index is 810. The molecule has 0 aliphatic carbocycles. The predicted octanol–water partition coefficient (Wildman–Crippen LogP) is -4.96. The highest BCUT2D eigenvalue weighted by atomic mass is 16.6. The maximum atomic E-state index is 12.7. The van der Waals surface area contributed by atoms with Crippen molar-refractivity contribution in [2.24, 2.45) is 5.73 Å². The largest absolute Gasteiger partial charge is 0.481 e. The number of ether oxygens (including phenoxy) is 2. The molecule has 0 aromatic heterocycles. The first-order chi connectivity index (χ1) is 16.7. The second-order valence-corrected chi connectivity index (χ2v) is 8.33. The van der Waals surface area contributed by atoms with E-state index in [1.165, 1.54) is 13.8 Å². The third-order valence-corrected chi connectivity index (χ3v) is 5.34. The molecule has 0 spiro atoms. The molecule has 9 atom stereocenters. The van der Waals surface area contributed by atoms with E-state index in [1.54, 1.807) is 0 Å². The number of rotatable bonds is 13. The van der Waals surface area contributed by atoms with Crippen LogP contribution in [-0.4, -0.2) is 117 Å². The van der Waals surface area contributed by atoms with Crippen molar-refractivity contribution in [2.75, 3.05) is 6.61 Å². The number of aliphatic hydroxyl groups is 4. The Hall–Kier alpha value is -2.89. The molecule has 1 aliphatic rings. The average molecular weight is 523 g/mol. The smallest absolute Gasteiger partial charge is 0.303 e. The Morgan fingerprint density at radius 3 is 2.17 bits per heavy atom. The topological polar surface area (TPSA) is 267 Å². The van der Waals surface area contributed by atoms with Gasteiger partial charge in [-0.25, -0.2) is 0 Å². The summed E-state index contributed by atoms with van der Waals surface area (Å²) in [6.07, 6.45) is -9.70. The predicted molar refractivity (Wildman–Crippen MR) is 118 cm³/mol. The summed E-state index contributed by atoms with van der Waals surface area (Å²) in [6, 6.07) is -4.32. The van der Waals surface area contributed by atoms with Crippen molar-refractivity contribution < 1.29 is 59.0 Å². The minimum Gasteiger partial charge on any atom is -0.481 e. The van der Waals surface area contributed by atoms with Gasteiger partial charge in [0, 0.05) is 13.3 Å². The monoisotopic (exact) mass is 522 g/mol. The van der Waals surface area contributed by atoms with E-state index in [2.05, 4.69) is 16.0 Å². The maximum absolute atomic E-state index is 12.7. The quantitative estimate of drug-likeness (QED) is 0.110. The zero-order valence-electron chi connectivity index (χ0n) is 20.0. The number of primary amides is 1. The van der Waals surface area contributed by atoms with Gasteiger partial charge in [0.15, 0.2) is 6.29 Å². The van der Waals surface area contributed by atoms with E-state index in [-0.39, 0.29) is 6.42 Å². The Morgan fingerprint density at radius 1 is 1.08 bits per heavy atom. The van der Waals surface area contributed by atoms with Crippen molar-refractivity contribution >= 4 is 29.6 Å². The van der Waals surface area contributed by atoms with Crippen LogP contribution in [0.5, 0.6) is 0 Å². The lowest BCUT2D eigenvalue weighted by Gasteiger charge is -2.43. The lowest BCUT2D eigenvalue weighted by atomic mass is 9.96. The van der Waals surface area contributed by atoms with Gasteiger partial charge in [-0.3, -0.25) is 24.0 Å². The van der Waals surface area contributed by atoms with Crippen LogP contribution in [0.25, 0.3) is 0 Å². The Labute approximate surface area is 206 Å². The zero-order chi connectivity index (χ0) is 27.7. The number of carbonyl (C=O) groups is 5. The van der Waals surface area contributed by atoms with Crippen LogP contribution in [0.1, 0.15) is 33.6 Å². The number of carboxylic acids is 1. The summed E-state index contributed by atoms with van der Waals surface area (Å²) in [5, 5.41) is 55.5. The fourth-order valence-corrected chi connectivity index (χ4v) is 3.42. The molecule has 0 unspecified atom stereocenters. The summed E-state index contributed by atoms with van der Waals surface area (Å²) in [7, 11) is 0. The second-order valence-electron chi connectivity index (χ2n) is 8.33. The summed E-state index contributed by atoms with van der Waals surface area (Å²) in [6.45, 7) is 2.81. The van der Waals surface area contributed by atoms with E-state index in [9.17, 15) is 44.4 Å². The number of aliphatic hydroxyl groups excluding tert-OH is 4. The van der Waals surface area contributed by atoms with E-state index < -0.39 is 97.6 Å². The first-order valence-electron chi connectivity index (χ1n) is 11.0. The highest BCUT2D eigenvalue weighted by Gasteiger charge is 2.47. The average Bonchev–Trinajstić information content (AvgIpc) is 2.77. The Morgan fingerprint density at radius 2 is 1.69 bits per heavy atom. The van der Waals surface area contributed by atoms with Crippen LogP contribution in [-0.2, 0) is 33.4 Å².